The number of rotatable bonds is 1. The molecule has 0 heterocycles. The minimum Gasteiger partial charge on any atom is -0.238 e. The predicted molar refractivity (Wildman–Crippen MR) is 51.3 cm³/mol. The molecule has 6 heteroatoms. The lowest BCUT2D eigenvalue weighted by atomic mass is 10.1. The van der Waals surface area contributed by atoms with Crippen LogP contribution in [-0.2, 0) is 11.0 Å². The van der Waals surface area contributed by atoms with Gasteiger partial charge in [0.1, 0.15) is 11.0 Å². The fourth-order valence-corrected chi connectivity index (χ4v) is 1.36. The van der Waals surface area contributed by atoms with Crippen LogP contribution in [0.5, 0.6) is 0 Å². The molecule has 0 saturated heterocycles. The van der Waals surface area contributed by atoms with Crippen LogP contribution in [-0.4, -0.2) is 12.9 Å². The van der Waals surface area contributed by atoms with Gasteiger partial charge in [-0.1, -0.05) is 34.8 Å². The van der Waals surface area contributed by atoms with E-state index >= 15 is 0 Å². The zero-order chi connectivity index (χ0) is 9.28. The van der Waals surface area contributed by atoms with Gasteiger partial charge in [0.2, 0.25) is 0 Å². The van der Waals surface area contributed by atoms with E-state index in [9.17, 15) is 4.21 Å². The van der Waals surface area contributed by atoms with Crippen molar-refractivity contribution in [2.45, 2.75) is 29.4 Å². The van der Waals surface area contributed by atoms with Gasteiger partial charge in [-0.3, -0.25) is 0 Å². The van der Waals surface area contributed by atoms with E-state index in [-0.39, 0.29) is 5.54 Å². The third-order valence-electron chi connectivity index (χ3n) is 0.609. The lowest BCUT2D eigenvalue weighted by Crippen LogP contribution is -2.41. The Morgan fingerprint density at radius 1 is 1.18 bits per heavy atom. The highest BCUT2D eigenvalue weighted by Gasteiger charge is 2.31. The monoisotopic (exact) mass is 237 g/mol. The van der Waals surface area contributed by atoms with Crippen LogP contribution in [0.1, 0.15) is 20.8 Å². The molecule has 2 nitrogen and oxygen atoms in total. The number of alkyl halides is 3. The van der Waals surface area contributed by atoms with Crippen molar-refractivity contribution in [1.82, 2.24) is 4.72 Å². The quantitative estimate of drug-likeness (QED) is 0.698. The van der Waals surface area contributed by atoms with Gasteiger partial charge in [-0.25, -0.2) is 8.93 Å². The molecule has 0 aliphatic rings. The molecule has 1 unspecified atom stereocenters. The van der Waals surface area contributed by atoms with E-state index in [1.165, 1.54) is 0 Å². The number of nitrogens with one attached hydrogen (secondary N) is 1. The zero-order valence-corrected chi connectivity index (χ0v) is 9.53. The molecule has 11 heavy (non-hydrogen) atoms. The summed E-state index contributed by atoms with van der Waals surface area (Å²) < 4.78 is 12.0. The summed E-state index contributed by atoms with van der Waals surface area (Å²) in [4.78, 5) is 0. The molecular weight excluding hydrogens is 228 g/mol. The van der Waals surface area contributed by atoms with Crippen molar-refractivity contribution in [2.75, 3.05) is 0 Å². The van der Waals surface area contributed by atoms with Crippen LogP contribution < -0.4 is 4.72 Å². The van der Waals surface area contributed by atoms with Crippen LogP contribution in [0.15, 0.2) is 0 Å². The van der Waals surface area contributed by atoms with Gasteiger partial charge < -0.3 is 0 Å². The van der Waals surface area contributed by atoms with Crippen molar-refractivity contribution in [3.05, 3.63) is 0 Å². The second-order valence-electron chi connectivity index (χ2n) is 3.07. The molecule has 0 rings (SSSR count). The van der Waals surface area contributed by atoms with Crippen molar-refractivity contribution >= 4 is 45.8 Å². The van der Waals surface area contributed by atoms with Crippen LogP contribution in [0.2, 0.25) is 0 Å². The van der Waals surface area contributed by atoms with Crippen molar-refractivity contribution < 1.29 is 4.21 Å². The van der Waals surface area contributed by atoms with Gasteiger partial charge in [0.15, 0.2) is 0 Å². The second-order valence-corrected chi connectivity index (χ2v) is 7.37. The standard InChI is InChI=1S/C5H10Cl3NOS/c1-4(2,3)9-11(10)5(6,7)8/h9H,1-3H3. The first kappa shape index (κ1) is 12.0. The van der Waals surface area contributed by atoms with Crippen molar-refractivity contribution in [1.29, 1.82) is 0 Å². The average molecular weight is 239 g/mol. The number of halogens is 3. The van der Waals surface area contributed by atoms with E-state index in [2.05, 4.69) is 4.72 Å². The molecular formula is C5H10Cl3NOS. The highest BCUT2D eigenvalue weighted by molar-refractivity contribution is 7.89. The Bertz CT molecular complexity index is 160. The Labute approximate surface area is 84.2 Å². The Hall–Kier alpha value is 0.980. The largest absolute Gasteiger partial charge is 0.280 e. The fourth-order valence-electron chi connectivity index (χ4n) is 0.336. The van der Waals surface area contributed by atoms with E-state index in [4.69, 9.17) is 34.8 Å². The Balaban J connectivity index is 4.11. The fraction of sp³-hybridized carbons (Fsp3) is 1.00. The third kappa shape index (κ3) is 6.17. The summed E-state index contributed by atoms with van der Waals surface area (Å²) in [6, 6.07) is 0. The van der Waals surface area contributed by atoms with Crippen molar-refractivity contribution in [2.24, 2.45) is 0 Å². The van der Waals surface area contributed by atoms with E-state index < -0.39 is 14.1 Å². The molecule has 0 aromatic carbocycles. The molecule has 1 N–H and O–H groups in total. The average Bonchev–Trinajstić information content (AvgIpc) is 1.56. The van der Waals surface area contributed by atoms with Gasteiger partial charge in [0.25, 0.3) is 3.12 Å². The first-order valence-electron chi connectivity index (χ1n) is 2.89. The van der Waals surface area contributed by atoms with Gasteiger partial charge in [-0.15, -0.1) is 0 Å². The van der Waals surface area contributed by atoms with E-state index in [0.29, 0.717) is 0 Å². The van der Waals surface area contributed by atoms with Gasteiger partial charge in [-0.05, 0) is 20.8 Å². The first-order chi connectivity index (χ1) is 4.63. The molecule has 0 aliphatic carbocycles. The lowest BCUT2D eigenvalue weighted by molar-refractivity contribution is 0.519. The van der Waals surface area contributed by atoms with Crippen molar-refractivity contribution in [3.63, 3.8) is 0 Å². The smallest absolute Gasteiger partial charge is 0.238 e. The molecule has 0 aromatic heterocycles. The zero-order valence-electron chi connectivity index (χ0n) is 6.45. The van der Waals surface area contributed by atoms with E-state index in [1.807, 2.05) is 20.8 Å². The summed E-state index contributed by atoms with van der Waals surface area (Å²) in [7, 11) is -1.66. The predicted octanol–water partition coefficient (Wildman–Crippen LogP) is 2.37. The summed E-state index contributed by atoms with van der Waals surface area (Å²) in [5.74, 6) is 0. The maximum atomic E-state index is 11.1. The van der Waals surface area contributed by atoms with Crippen LogP contribution >= 0.6 is 34.8 Å². The normalized spacial score (nSPS) is 16.5. The van der Waals surface area contributed by atoms with Gasteiger partial charge in [0.05, 0.1) is 0 Å². The summed E-state index contributed by atoms with van der Waals surface area (Å²) in [5, 5.41) is 0. The summed E-state index contributed by atoms with van der Waals surface area (Å²) in [6.45, 7) is 5.50. The number of hydrogen-bond acceptors (Lipinski definition) is 1. The van der Waals surface area contributed by atoms with Gasteiger partial charge in [0, 0.05) is 5.54 Å². The maximum absolute atomic E-state index is 11.1. The SMILES string of the molecule is CC(C)(C)NS(=O)C(Cl)(Cl)Cl. The number of hydrogen-bond donors (Lipinski definition) is 1. The third-order valence-corrected chi connectivity index (χ3v) is 3.09. The Morgan fingerprint density at radius 2 is 1.55 bits per heavy atom. The maximum Gasteiger partial charge on any atom is 0.280 e. The Kier molecular flexibility index (Phi) is 4.13. The second kappa shape index (κ2) is 3.79. The minimum absolute atomic E-state index is 0.325. The molecule has 1 atom stereocenters. The van der Waals surface area contributed by atoms with E-state index in [1.54, 1.807) is 0 Å². The Morgan fingerprint density at radius 3 is 1.64 bits per heavy atom. The molecule has 0 radical (unpaired) electrons. The molecule has 0 amide bonds. The molecule has 0 aromatic rings. The van der Waals surface area contributed by atoms with Crippen LogP contribution in [0.4, 0.5) is 0 Å². The molecule has 68 valence electrons. The lowest BCUT2D eigenvalue weighted by Gasteiger charge is -2.22. The molecule has 0 aliphatic heterocycles. The van der Waals surface area contributed by atoms with Gasteiger partial charge >= 0.3 is 0 Å². The molecule has 0 bridgehead atoms. The summed E-state index contributed by atoms with van der Waals surface area (Å²) >= 11 is 16.1. The highest BCUT2D eigenvalue weighted by Crippen LogP contribution is 2.29. The topological polar surface area (TPSA) is 29.1 Å². The van der Waals surface area contributed by atoms with E-state index in [0.717, 1.165) is 0 Å². The molecule has 0 fully saturated rings. The minimum atomic E-state index is -1.76. The highest BCUT2D eigenvalue weighted by atomic mass is 35.6. The van der Waals surface area contributed by atoms with Crippen LogP contribution in [0, 0.1) is 0 Å². The van der Waals surface area contributed by atoms with Crippen LogP contribution in [0.3, 0.4) is 0 Å². The summed E-state index contributed by atoms with van der Waals surface area (Å²) in [5.41, 5.74) is -0.325. The first-order valence-corrected chi connectivity index (χ1v) is 5.18. The molecule has 0 saturated carbocycles. The summed E-state index contributed by atoms with van der Waals surface area (Å²) in [6.07, 6.45) is 0. The van der Waals surface area contributed by atoms with Crippen LogP contribution in [0.25, 0.3) is 0 Å². The van der Waals surface area contributed by atoms with Crippen molar-refractivity contribution in [3.8, 4) is 0 Å². The van der Waals surface area contributed by atoms with Gasteiger partial charge in [-0.2, -0.15) is 0 Å². The molecule has 0 spiro atoms.